The number of nitrogens with two attached hydrogens (primary N) is 1. The van der Waals surface area contributed by atoms with Gasteiger partial charge in [-0.3, -0.25) is 10.1 Å². The summed E-state index contributed by atoms with van der Waals surface area (Å²) in [5, 5.41) is 17.3. The van der Waals surface area contributed by atoms with Crippen LogP contribution in [0.4, 0.5) is 39.0 Å². The molecule has 8 nitrogen and oxygen atoms in total. The van der Waals surface area contributed by atoms with Crippen molar-refractivity contribution in [2.45, 2.75) is 0 Å². The minimum absolute atomic E-state index is 0.0883. The number of rotatable bonds is 5. The number of hydrogen-bond donors (Lipinski definition) is 3. The Hall–Kier alpha value is -3.46. The summed E-state index contributed by atoms with van der Waals surface area (Å²) in [6.07, 6.45) is 0. The van der Waals surface area contributed by atoms with E-state index in [1.165, 1.54) is 18.2 Å². The molecule has 0 atom stereocenters. The summed E-state index contributed by atoms with van der Waals surface area (Å²) in [6.45, 7) is 0. The Morgan fingerprint density at radius 1 is 1.08 bits per heavy atom. The fourth-order valence-electron chi connectivity index (χ4n) is 2.15. The van der Waals surface area contributed by atoms with Crippen LogP contribution in [0.1, 0.15) is 0 Å². The minimum atomic E-state index is -0.694. The number of nitro groups is 1. The van der Waals surface area contributed by atoms with Crippen LogP contribution in [-0.4, -0.2) is 14.9 Å². The molecule has 0 bridgehead atoms. The summed E-state index contributed by atoms with van der Waals surface area (Å²) in [5.74, 6) is -1.11. The second-order valence-corrected chi connectivity index (χ2v) is 5.56. The molecule has 3 aromatic rings. The van der Waals surface area contributed by atoms with E-state index < -0.39 is 16.4 Å². The van der Waals surface area contributed by atoms with Gasteiger partial charge in [0.2, 0.25) is 17.6 Å². The quantitative estimate of drug-likeness (QED) is 0.451. The smallest absolute Gasteiger partial charge is 0.353 e. The van der Waals surface area contributed by atoms with Crippen molar-refractivity contribution in [2.24, 2.45) is 0 Å². The predicted molar refractivity (Wildman–Crippen MR) is 97.5 cm³/mol. The number of anilines is 5. The minimum Gasteiger partial charge on any atom is -0.378 e. The van der Waals surface area contributed by atoms with Crippen molar-refractivity contribution in [3.05, 3.63) is 69.5 Å². The van der Waals surface area contributed by atoms with Gasteiger partial charge in [-0.1, -0.05) is 23.7 Å². The van der Waals surface area contributed by atoms with Gasteiger partial charge >= 0.3 is 5.69 Å². The molecule has 1 heterocycles. The van der Waals surface area contributed by atoms with Crippen molar-refractivity contribution in [3.8, 4) is 0 Å². The average molecular weight is 375 g/mol. The highest BCUT2D eigenvalue weighted by Crippen LogP contribution is 2.32. The number of nitrogens with zero attached hydrogens (tertiary/aromatic N) is 3. The van der Waals surface area contributed by atoms with Crippen molar-refractivity contribution in [1.29, 1.82) is 0 Å². The molecule has 132 valence electrons. The molecule has 26 heavy (non-hydrogen) atoms. The summed E-state index contributed by atoms with van der Waals surface area (Å²) in [7, 11) is 0. The van der Waals surface area contributed by atoms with Crippen molar-refractivity contribution < 1.29 is 9.31 Å². The largest absolute Gasteiger partial charge is 0.378 e. The molecule has 1 aromatic heterocycles. The first kappa shape index (κ1) is 17.4. The van der Waals surface area contributed by atoms with E-state index in [1.54, 1.807) is 30.3 Å². The van der Waals surface area contributed by atoms with Gasteiger partial charge < -0.3 is 16.4 Å². The SMILES string of the molecule is Nc1nc(Nc2ccccc2F)nc(Nc2ccc(Cl)cc2)c1[N+](=O)[O-]. The van der Waals surface area contributed by atoms with E-state index in [-0.39, 0.29) is 23.3 Å². The van der Waals surface area contributed by atoms with Crippen LogP contribution in [0.25, 0.3) is 0 Å². The average Bonchev–Trinajstić information content (AvgIpc) is 2.58. The molecule has 0 spiro atoms. The molecular weight excluding hydrogens is 363 g/mol. The fraction of sp³-hybridized carbons (Fsp3) is 0. The van der Waals surface area contributed by atoms with E-state index in [0.717, 1.165) is 0 Å². The molecule has 0 saturated carbocycles. The van der Waals surface area contributed by atoms with Gasteiger partial charge in [-0.2, -0.15) is 9.97 Å². The first-order valence-electron chi connectivity index (χ1n) is 7.30. The molecule has 3 rings (SSSR count). The first-order chi connectivity index (χ1) is 12.4. The van der Waals surface area contributed by atoms with Crippen LogP contribution in [0.5, 0.6) is 0 Å². The van der Waals surface area contributed by atoms with Crippen LogP contribution in [0, 0.1) is 15.9 Å². The Kier molecular flexibility index (Phi) is 4.81. The topological polar surface area (TPSA) is 119 Å². The number of para-hydroxylation sites is 1. The summed E-state index contributed by atoms with van der Waals surface area (Å²) in [6, 6.07) is 12.3. The summed E-state index contributed by atoms with van der Waals surface area (Å²) >= 11 is 5.82. The van der Waals surface area contributed by atoms with Crippen LogP contribution in [0.3, 0.4) is 0 Å². The molecule has 0 aliphatic carbocycles. The van der Waals surface area contributed by atoms with Gasteiger partial charge in [0, 0.05) is 10.7 Å². The molecule has 0 radical (unpaired) electrons. The Morgan fingerprint density at radius 3 is 2.42 bits per heavy atom. The van der Waals surface area contributed by atoms with E-state index in [0.29, 0.717) is 10.7 Å². The molecule has 0 fully saturated rings. The number of hydrogen-bond acceptors (Lipinski definition) is 7. The Morgan fingerprint density at radius 2 is 1.77 bits per heavy atom. The lowest BCUT2D eigenvalue weighted by molar-refractivity contribution is -0.383. The number of nitrogens with one attached hydrogen (secondary N) is 2. The van der Waals surface area contributed by atoms with Gasteiger partial charge in [0.1, 0.15) is 5.82 Å². The monoisotopic (exact) mass is 374 g/mol. The summed E-state index contributed by atoms with van der Waals surface area (Å²) in [5.41, 5.74) is 5.83. The lowest BCUT2D eigenvalue weighted by atomic mass is 10.3. The summed E-state index contributed by atoms with van der Waals surface area (Å²) in [4.78, 5) is 18.5. The zero-order chi connectivity index (χ0) is 18.7. The predicted octanol–water partition coefficient (Wildman–Crippen LogP) is 4.25. The van der Waals surface area contributed by atoms with E-state index in [4.69, 9.17) is 17.3 Å². The van der Waals surface area contributed by atoms with Gasteiger partial charge in [-0.25, -0.2) is 4.39 Å². The molecule has 2 aromatic carbocycles. The van der Waals surface area contributed by atoms with Crippen LogP contribution in [0.15, 0.2) is 48.5 Å². The third kappa shape index (κ3) is 3.78. The van der Waals surface area contributed by atoms with E-state index >= 15 is 0 Å². The Balaban J connectivity index is 2.00. The molecular formula is C16H12ClFN6O2. The highest BCUT2D eigenvalue weighted by molar-refractivity contribution is 6.30. The van der Waals surface area contributed by atoms with Gasteiger partial charge in [-0.15, -0.1) is 0 Å². The van der Waals surface area contributed by atoms with Crippen molar-refractivity contribution >= 4 is 46.2 Å². The van der Waals surface area contributed by atoms with Crippen molar-refractivity contribution in [1.82, 2.24) is 9.97 Å². The summed E-state index contributed by atoms with van der Waals surface area (Å²) < 4.78 is 13.8. The van der Waals surface area contributed by atoms with Gasteiger partial charge in [0.15, 0.2) is 0 Å². The molecule has 0 saturated heterocycles. The highest BCUT2D eigenvalue weighted by Gasteiger charge is 2.23. The third-order valence-electron chi connectivity index (χ3n) is 3.32. The second-order valence-electron chi connectivity index (χ2n) is 5.12. The zero-order valence-corrected chi connectivity index (χ0v) is 13.9. The van der Waals surface area contributed by atoms with Crippen LogP contribution >= 0.6 is 11.6 Å². The van der Waals surface area contributed by atoms with Gasteiger partial charge in [0.05, 0.1) is 10.6 Å². The van der Waals surface area contributed by atoms with E-state index in [1.807, 2.05) is 0 Å². The molecule has 0 aliphatic rings. The molecule has 10 heteroatoms. The standard InChI is InChI=1S/C16H12ClFN6O2/c17-9-5-7-10(8-6-9)20-15-13(24(25)26)14(19)22-16(23-15)21-12-4-2-1-3-11(12)18/h1-8H,(H4,19,20,21,22,23). The van der Waals surface area contributed by atoms with Crippen molar-refractivity contribution in [3.63, 3.8) is 0 Å². The fourth-order valence-corrected chi connectivity index (χ4v) is 2.27. The normalized spacial score (nSPS) is 10.4. The van der Waals surface area contributed by atoms with Crippen LogP contribution < -0.4 is 16.4 Å². The molecule has 0 amide bonds. The van der Waals surface area contributed by atoms with Crippen LogP contribution in [0.2, 0.25) is 5.02 Å². The van der Waals surface area contributed by atoms with Gasteiger partial charge in [0.25, 0.3) is 0 Å². The lowest BCUT2D eigenvalue weighted by Gasteiger charge is -2.11. The maximum absolute atomic E-state index is 13.8. The number of halogens is 2. The second kappa shape index (κ2) is 7.19. The molecule has 0 unspecified atom stereocenters. The number of aromatic nitrogens is 2. The van der Waals surface area contributed by atoms with E-state index in [9.17, 15) is 14.5 Å². The molecule has 4 N–H and O–H groups in total. The Labute approximate surface area is 152 Å². The lowest BCUT2D eigenvalue weighted by Crippen LogP contribution is -2.09. The Bertz CT molecular complexity index is 967. The van der Waals surface area contributed by atoms with Gasteiger partial charge in [-0.05, 0) is 36.4 Å². The zero-order valence-electron chi connectivity index (χ0n) is 13.1. The van der Waals surface area contributed by atoms with Crippen LogP contribution in [-0.2, 0) is 0 Å². The first-order valence-corrected chi connectivity index (χ1v) is 7.68. The maximum atomic E-state index is 13.8. The van der Waals surface area contributed by atoms with Crippen molar-refractivity contribution in [2.75, 3.05) is 16.4 Å². The number of benzene rings is 2. The van der Waals surface area contributed by atoms with E-state index in [2.05, 4.69) is 20.6 Å². The maximum Gasteiger partial charge on any atom is 0.353 e. The third-order valence-corrected chi connectivity index (χ3v) is 3.57. The molecule has 0 aliphatic heterocycles. The number of nitrogen functional groups attached to an aromatic ring is 1. The highest BCUT2D eigenvalue weighted by atomic mass is 35.5.